The lowest BCUT2D eigenvalue weighted by Gasteiger charge is -2.42. The third kappa shape index (κ3) is 5.32. The van der Waals surface area contributed by atoms with Crippen molar-refractivity contribution >= 4 is 17.8 Å². The summed E-state index contributed by atoms with van der Waals surface area (Å²) in [6, 6.07) is 17.4. The second-order valence-corrected chi connectivity index (χ2v) is 8.33. The molecule has 0 unspecified atom stereocenters. The number of oxime groups is 1. The van der Waals surface area contributed by atoms with Crippen molar-refractivity contribution in [1.29, 1.82) is 0 Å². The fourth-order valence-corrected chi connectivity index (χ4v) is 4.13. The van der Waals surface area contributed by atoms with Gasteiger partial charge in [0.25, 0.3) is 6.29 Å². The van der Waals surface area contributed by atoms with E-state index < -0.39 is 12.4 Å². The molecule has 0 saturated carbocycles. The maximum atomic E-state index is 5.97. The summed E-state index contributed by atoms with van der Waals surface area (Å²) in [6.07, 6.45) is 1.48. The molecule has 0 bridgehead atoms. The lowest BCUT2D eigenvalue weighted by Crippen LogP contribution is -2.59. The van der Waals surface area contributed by atoms with E-state index in [2.05, 4.69) is 10.3 Å². The van der Waals surface area contributed by atoms with Gasteiger partial charge in [0, 0.05) is 38.1 Å². The smallest absolute Gasteiger partial charge is 0.256 e. The SMILES string of the molecule is CO[C@@H]1[C@@H](OC)[C@H](C)O[C@@H](O/N=C/c2ccc(-n3ccc(-c4ccc(Cl)cc4)n3)cc2)[C@@H]1OC. The van der Waals surface area contributed by atoms with Crippen molar-refractivity contribution < 1.29 is 23.8 Å². The van der Waals surface area contributed by atoms with Crippen LogP contribution in [0.1, 0.15) is 12.5 Å². The molecule has 2 heterocycles. The Labute approximate surface area is 204 Å². The van der Waals surface area contributed by atoms with Crippen molar-refractivity contribution in [2.45, 2.75) is 37.6 Å². The van der Waals surface area contributed by atoms with Gasteiger partial charge in [-0.2, -0.15) is 5.10 Å². The second-order valence-electron chi connectivity index (χ2n) is 7.89. The first-order valence-corrected chi connectivity index (χ1v) is 11.3. The molecule has 4 rings (SSSR count). The van der Waals surface area contributed by atoms with Crippen LogP contribution in [0, 0.1) is 0 Å². The van der Waals surface area contributed by atoms with Crippen molar-refractivity contribution in [3.63, 3.8) is 0 Å². The predicted molar refractivity (Wildman–Crippen MR) is 129 cm³/mol. The molecule has 5 atom stereocenters. The molecule has 1 aromatic heterocycles. The Balaban J connectivity index is 1.40. The molecule has 1 fully saturated rings. The molecule has 0 aliphatic carbocycles. The standard InChI is InChI=1S/C25H28ClN3O5/c1-16-22(30-2)23(31-3)24(32-4)25(33-16)34-27-15-17-5-11-20(12-6-17)29-14-13-21(28-29)18-7-9-19(26)10-8-18/h5-16,22-25H,1-4H3/b27-15+/t16-,22-,23+,24+,25-/m0/s1. The Hall–Kier alpha value is -2.75. The summed E-state index contributed by atoms with van der Waals surface area (Å²) in [6.45, 7) is 1.90. The van der Waals surface area contributed by atoms with Crippen molar-refractivity contribution in [3.05, 3.63) is 71.4 Å². The van der Waals surface area contributed by atoms with E-state index in [1.54, 1.807) is 27.5 Å². The summed E-state index contributed by atoms with van der Waals surface area (Å²) < 4.78 is 24.4. The Bertz CT molecular complexity index is 1090. The minimum Gasteiger partial charge on any atom is -0.376 e. The Morgan fingerprint density at radius 1 is 0.912 bits per heavy atom. The van der Waals surface area contributed by atoms with E-state index in [9.17, 15) is 0 Å². The monoisotopic (exact) mass is 485 g/mol. The molecule has 0 N–H and O–H groups in total. The van der Waals surface area contributed by atoms with Gasteiger partial charge in [0.2, 0.25) is 0 Å². The zero-order valence-corrected chi connectivity index (χ0v) is 20.3. The molecule has 34 heavy (non-hydrogen) atoms. The number of ether oxygens (including phenoxy) is 4. The van der Waals surface area contributed by atoms with E-state index in [4.69, 9.17) is 35.4 Å². The Morgan fingerprint density at radius 2 is 1.59 bits per heavy atom. The van der Waals surface area contributed by atoms with Crippen LogP contribution in [-0.2, 0) is 23.8 Å². The van der Waals surface area contributed by atoms with Gasteiger partial charge in [-0.15, -0.1) is 0 Å². The van der Waals surface area contributed by atoms with Crippen molar-refractivity contribution in [1.82, 2.24) is 9.78 Å². The normalized spacial score (nSPS) is 25.0. The summed E-state index contributed by atoms with van der Waals surface area (Å²) in [7, 11) is 4.81. The highest BCUT2D eigenvalue weighted by Crippen LogP contribution is 2.27. The van der Waals surface area contributed by atoms with Crippen LogP contribution in [0.2, 0.25) is 5.02 Å². The molecular formula is C25H28ClN3O5. The first kappa shape index (κ1) is 24.4. The van der Waals surface area contributed by atoms with Gasteiger partial charge in [-0.25, -0.2) is 4.68 Å². The maximum absolute atomic E-state index is 5.97. The summed E-state index contributed by atoms with van der Waals surface area (Å²) in [5, 5.41) is 9.46. The zero-order chi connectivity index (χ0) is 24.1. The van der Waals surface area contributed by atoms with Crippen LogP contribution in [0.5, 0.6) is 0 Å². The largest absolute Gasteiger partial charge is 0.376 e. The molecular weight excluding hydrogens is 458 g/mol. The molecule has 8 nitrogen and oxygen atoms in total. The van der Waals surface area contributed by atoms with Gasteiger partial charge in [-0.05, 0) is 42.8 Å². The molecule has 0 radical (unpaired) electrons. The summed E-state index contributed by atoms with van der Waals surface area (Å²) in [4.78, 5) is 5.62. The number of hydrogen-bond acceptors (Lipinski definition) is 7. The average Bonchev–Trinajstić information content (AvgIpc) is 3.35. The molecule has 2 aromatic carbocycles. The van der Waals surface area contributed by atoms with Crippen LogP contribution in [0.4, 0.5) is 0 Å². The van der Waals surface area contributed by atoms with Crippen molar-refractivity contribution in [3.8, 4) is 16.9 Å². The molecule has 3 aromatic rings. The quantitative estimate of drug-likeness (QED) is 0.349. The van der Waals surface area contributed by atoms with E-state index in [0.717, 1.165) is 22.5 Å². The molecule has 0 spiro atoms. The van der Waals surface area contributed by atoms with Crippen molar-refractivity contribution in [2.75, 3.05) is 21.3 Å². The van der Waals surface area contributed by atoms with Crippen LogP contribution < -0.4 is 0 Å². The highest BCUT2D eigenvalue weighted by atomic mass is 35.5. The number of aromatic nitrogens is 2. The van der Waals surface area contributed by atoms with E-state index in [0.29, 0.717) is 5.02 Å². The van der Waals surface area contributed by atoms with E-state index in [1.807, 2.05) is 72.4 Å². The first-order chi connectivity index (χ1) is 16.5. The van der Waals surface area contributed by atoms with E-state index in [1.165, 1.54) is 0 Å². The number of nitrogens with zero attached hydrogens (tertiary/aromatic N) is 3. The zero-order valence-electron chi connectivity index (χ0n) is 19.5. The molecule has 180 valence electrons. The van der Waals surface area contributed by atoms with Crippen LogP contribution >= 0.6 is 11.6 Å². The van der Waals surface area contributed by atoms with Gasteiger partial charge in [0.15, 0.2) is 6.10 Å². The van der Waals surface area contributed by atoms with E-state index >= 15 is 0 Å². The van der Waals surface area contributed by atoms with Gasteiger partial charge in [0.05, 0.1) is 23.7 Å². The summed E-state index contributed by atoms with van der Waals surface area (Å²) in [5.74, 6) is 0. The Kier molecular flexibility index (Phi) is 7.97. The van der Waals surface area contributed by atoms with Gasteiger partial charge in [0.1, 0.15) is 12.2 Å². The molecule has 9 heteroatoms. The lowest BCUT2D eigenvalue weighted by atomic mass is 9.99. The number of methoxy groups -OCH3 is 3. The topological polar surface area (TPSA) is 76.3 Å². The second kappa shape index (κ2) is 11.1. The van der Waals surface area contributed by atoms with E-state index in [-0.39, 0.29) is 18.3 Å². The fraction of sp³-hybridized carbons (Fsp3) is 0.360. The maximum Gasteiger partial charge on any atom is 0.256 e. The van der Waals surface area contributed by atoms with Gasteiger partial charge in [-0.1, -0.05) is 41.0 Å². The number of benzene rings is 2. The molecule has 0 amide bonds. The third-order valence-electron chi connectivity index (χ3n) is 5.80. The number of rotatable bonds is 8. The third-order valence-corrected chi connectivity index (χ3v) is 6.05. The molecule has 1 saturated heterocycles. The summed E-state index contributed by atoms with van der Waals surface area (Å²) >= 11 is 5.97. The van der Waals surface area contributed by atoms with Crippen LogP contribution in [0.3, 0.4) is 0 Å². The average molecular weight is 486 g/mol. The van der Waals surface area contributed by atoms with Crippen LogP contribution in [0.25, 0.3) is 16.9 Å². The fourth-order valence-electron chi connectivity index (χ4n) is 4.01. The molecule has 1 aliphatic heterocycles. The Morgan fingerprint density at radius 3 is 2.24 bits per heavy atom. The highest BCUT2D eigenvalue weighted by molar-refractivity contribution is 6.30. The van der Waals surface area contributed by atoms with Crippen molar-refractivity contribution in [2.24, 2.45) is 5.16 Å². The number of halogens is 1. The van der Waals surface area contributed by atoms with Gasteiger partial charge in [-0.3, -0.25) is 0 Å². The minimum atomic E-state index is -0.720. The molecule has 1 aliphatic rings. The first-order valence-electron chi connectivity index (χ1n) is 10.9. The van der Waals surface area contributed by atoms with Gasteiger partial charge < -0.3 is 23.8 Å². The lowest BCUT2D eigenvalue weighted by molar-refractivity contribution is -0.305. The summed E-state index contributed by atoms with van der Waals surface area (Å²) in [5.41, 5.74) is 3.67. The predicted octanol–water partition coefficient (Wildman–Crippen LogP) is 4.33. The highest BCUT2D eigenvalue weighted by Gasteiger charge is 2.46. The van der Waals surface area contributed by atoms with Gasteiger partial charge >= 0.3 is 0 Å². The van der Waals surface area contributed by atoms with Crippen LogP contribution in [0.15, 0.2) is 65.9 Å². The van der Waals surface area contributed by atoms with Crippen LogP contribution in [-0.4, -0.2) is 68.0 Å². The minimum absolute atomic E-state index is 0.243. The number of hydrogen-bond donors (Lipinski definition) is 0.